The smallest absolute Gasteiger partial charge is 0.349 e. The molecular formula is C12H20N2O2S. The normalized spacial score (nSPS) is 14.1. The third-order valence-corrected chi connectivity index (χ3v) is 3.62. The first kappa shape index (κ1) is 14.0. The lowest BCUT2D eigenvalue weighted by Gasteiger charge is -2.16. The summed E-state index contributed by atoms with van der Waals surface area (Å²) in [6.07, 6.45) is 3.83. The van der Waals surface area contributed by atoms with E-state index in [1.807, 2.05) is 0 Å². The summed E-state index contributed by atoms with van der Waals surface area (Å²) >= 11 is 1.33. The number of nitrogens with zero attached hydrogens (tertiary/aromatic N) is 1. The summed E-state index contributed by atoms with van der Waals surface area (Å²) in [5.74, 6) is 0.364. The molecule has 0 radical (unpaired) electrons. The first-order valence-corrected chi connectivity index (χ1v) is 6.69. The minimum atomic E-state index is -0.329. The Hall–Kier alpha value is -1.10. The van der Waals surface area contributed by atoms with Crippen LogP contribution in [0, 0.1) is 5.92 Å². The van der Waals surface area contributed by atoms with Crippen molar-refractivity contribution in [3.63, 3.8) is 0 Å². The highest BCUT2D eigenvalue weighted by Gasteiger charge is 2.13. The van der Waals surface area contributed by atoms with E-state index in [1.54, 1.807) is 6.20 Å². The second-order valence-corrected chi connectivity index (χ2v) is 5.35. The Morgan fingerprint density at radius 3 is 2.88 bits per heavy atom. The molecule has 2 unspecified atom stereocenters. The van der Waals surface area contributed by atoms with E-state index in [2.05, 4.69) is 35.8 Å². The van der Waals surface area contributed by atoms with Gasteiger partial charge in [0.2, 0.25) is 0 Å². The van der Waals surface area contributed by atoms with Crippen LogP contribution in [0.1, 0.15) is 43.3 Å². The van der Waals surface area contributed by atoms with E-state index in [0.29, 0.717) is 16.8 Å². The summed E-state index contributed by atoms with van der Waals surface area (Å²) in [7, 11) is 1.38. The Bertz CT molecular complexity index is 365. The van der Waals surface area contributed by atoms with Crippen molar-refractivity contribution in [2.24, 2.45) is 5.92 Å². The van der Waals surface area contributed by atoms with Crippen LogP contribution < -0.4 is 5.32 Å². The fraction of sp³-hybridized carbons (Fsp3) is 0.667. The van der Waals surface area contributed by atoms with Crippen LogP contribution in [0.4, 0.5) is 5.13 Å². The maximum Gasteiger partial charge on any atom is 0.349 e. The zero-order valence-corrected chi connectivity index (χ0v) is 11.6. The highest BCUT2D eigenvalue weighted by atomic mass is 32.1. The first-order valence-electron chi connectivity index (χ1n) is 5.87. The number of nitrogens with one attached hydrogen (secondary N) is 1. The quantitative estimate of drug-likeness (QED) is 0.794. The molecule has 0 fully saturated rings. The fourth-order valence-electron chi connectivity index (χ4n) is 1.58. The van der Waals surface area contributed by atoms with Crippen molar-refractivity contribution in [2.45, 2.75) is 39.7 Å². The lowest BCUT2D eigenvalue weighted by molar-refractivity contribution is 0.0606. The third kappa shape index (κ3) is 4.34. The number of hydrogen-bond donors (Lipinski definition) is 1. The lowest BCUT2D eigenvalue weighted by Crippen LogP contribution is -2.17. The number of methoxy groups -OCH3 is 1. The average molecular weight is 256 g/mol. The number of thiazole rings is 1. The molecule has 0 spiro atoms. The summed E-state index contributed by atoms with van der Waals surface area (Å²) < 4.78 is 4.64. The molecule has 0 amide bonds. The molecule has 1 aromatic heterocycles. The molecule has 1 rings (SSSR count). The molecule has 1 N–H and O–H groups in total. The molecule has 0 aliphatic heterocycles. The zero-order chi connectivity index (χ0) is 12.8. The van der Waals surface area contributed by atoms with Crippen molar-refractivity contribution < 1.29 is 9.53 Å². The van der Waals surface area contributed by atoms with Crippen LogP contribution in [0.5, 0.6) is 0 Å². The van der Waals surface area contributed by atoms with Gasteiger partial charge < -0.3 is 10.1 Å². The zero-order valence-electron chi connectivity index (χ0n) is 10.8. The molecule has 1 aromatic rings. The number of rotatable bonds is 6. The molecule has 2 atom stereocenters. The minimum Gasteiger partial charge on any atom is -0.465 e. The van der Waals surface area contributed by atoms with Gasteiger partial charge in [-0.25, -0.2) is 9.78 Å². The number of aromatic nitrogens is 1. The molecule has 0 aliphatic rings. The van der Waals surface area contributed by atoms with Crippen molar-refractivity contribution in [3.8, 4) is 0 Å². The van der Waals surface area contributed by atoms with Gasteiger partial charge in [0.05, 0.1) is 13.3 Å². The van der Waals surface area contributed by atoms with E-state index >= 15 is 0 Å². The molecule has 0 aromatic carbocycles. The van der Waals surface area contributed by atoms with Crippen LogP contribution in [0.15, 0.2) is 6.20 Å². The Kier molecular flexibility index (Phi) is 5.41. The second-order valence-electron chi connectivity index (χ2n) is 4.32. The maximum absolute atomic E-state index is 11.3. The van der Waals surface area contributed by atoms with Crippen LogP contribution in [-0.4, -0.2) is 24.1 Å². The summed E-state index contributed by atoms with van der Waals surface area (Å²) in [4.78, 5) is 16.0. The van der Waals surface area contributed by atoms with Crippen molar-refractivity contribution in [2.75, 3.05) is 12.4 Å². The van der Waals surface area contributed by atoms with E-state index in [4.69, 9.17) is 0 Å². The van der Waals surface area contributed by atoms with Crippen molar-refractivity contribution in [1.29, 1.82) is 0 Å². The number of carbonyl (C=O) groups excluding carboxylic acids is 1. The third-order valence-electron chi connectivity index (χ3n) is 2.71. The highest BCUT2D eigenvalue weighted by Crippen LogP contribution is 2.21. The van der Waals surface area contributed by atoms with Crippen LogP contribution in [0.3, 0.4) is 0 Å². The van der Waals surface area contributed by atoms with Crippen LogP contribution in [0.2, 0.25) is 0 Å². The van der Waals surface area contributed by atoms with Gasteiger partial charge >= 0.3 is 5.97 Å². The van der Waals surface area contributed by atoms with Gasteiger partial charge in [-0.05, 0) is 19.3 Å². The van der Waals surface area contributed by atoms with E-state index < -0.39 is 0 Å². The predicted octanol–water partition coefficient (Wildman–Crippen LogP) is 3.17. The molecule has 0 aliphatic carbocycles. The Morgan fingerprint density at radius 2 is 2.29 bits per heavy atom. The Balaban J connectivity index is 2.51. The largest absolute Gasteiger partial charge is 0.465 e. The van der Waals surface area contributed by atoms with Gasteiger partial charge in [-0.15, -0.1) is 0 Å². The van der Waals surface area contributed by atoms with Gasteiger partial charge in [-0.1, -0.05) is 31.6 Å². The van der Waals surface area contributed by atoms with Gasteiger partial charge in [-0.3, -0.25) is 0 Å². The number of ether oxygens (including phenoxy) is 1. The topological polar surface area (TPSA) is 51.2 Å². The number of carbonyl (C=O) groups is 1. The molecule has 5 heteroatoms. The SMILES string of the molecule is CCC(C)CC(C)Nc1ncc(C(=O)OC)s1. The summed E-state index contributed by atoms with van der Waals surface area (Å²) in [5, 5.41) is 4.08. The summed E-state index contributed by atoms with van der Waals surface area (Å²) in [5.41, 5.74) is 0. The maximum atomic E-state index is 11.3. The monoisotopic (exact) mass is 256 g/mol. The van der Waals surface area contributed by atoms with Crippen molar-refractivity contribution in [1.82, 2.24) is 4.98 Å². The first-order chi connectivity index (χ1) is 8.06. The average Bonchev–Trinajstić information content (AvgIpc) is 2.76. The molecule has 0 saturated carbocycles. The fourth-order valence-corrected chi connectivity index (χ4v) is 2.42. The van der Waals surface area contributed by atoms with Gasteiger partial charge in [0.15, 0.2) is 5.13 Å². The van der Waals surface area contributed by atoms with Gasteiger partial charge in [-0.2, -0.15) is 0 Å². The number of hydrogen-bond acceptors (Lipinski definition) is 5. The molecule has 0 saturated heterocycles. The van der Waals surface area contributed by atoms with Gasteiger partial charge in [0, 0.05) is 6.04 Å². The number of anilines is 1. The second kappa shape index (κ2) is 6.59. The summed E-state index contributed by atoms with van der Waals surface area (Å²) in [6.45, 7) is 6.56. The summed E-state index contributed by atoms with van der Waals surface area (Å²) in [6, 6.07) is 0.363. The van der Waals surface area contributed by atoms with E-state index in [0.717, 1.165) is 11.6 Å². The van der Waals surface area contributed by atoms with Crippen molar-refractivity contribution >= 4 is 22.4 Å². The predicted molar refractivity (Wildman–Crippen MR) is 70.6 cm³/mol. The van der Waals surface area contributed by atoms with E-state index in [9.17, 15) is 4.79 Å². The molecule has 96 valence electrons. The van der Waals surface area contributed by atoms with Crippen LogP contribution in [0.25, 0.3) is 0 Å². The molecule has 4 nitrogen and oxygen atoms in total. The standard InChI is InChI=1S/C12H20N2O2S/c1-5-8(2)6-9(3)14-12-13-7-10(17-12)11(15)16-4/h7-9H,5-6H2,1-4H3,(H,13,14). The minimum absolute atomic E-state index is 0.329. The number of esters is 1. The van der Waals surface area contributed by atoms with E-state index in [1.165, 1.54) is 24.9 Å². The molecule has 17 heavy (non-hydrogen) atoms. The molecule has 0 bridgehead atoms. The molecular weight excluding hydrogens is 236 g/mol. The Morgan fingerprint density at radius 1 is 1.59 bits per heavy atom. The van der Waals surface area contributed by atoms with Gasteiger partial charge in [0.25, 0.3) is 0 Å². The lowest BCUT2D eigenvalue weighted by atomic mass is 10.0. The van der Waals surface area contributed by atoms with Gasteiger partial charge in [0.1, 0.15) is 4.88 Å². The van der Waals surface area contributed by atoms with E-state index in [-0.39, 0.29) is 5.97 Å². The Labute approximate surface area is 106 Å². The van der Waals surface area contributed by atoms with Crippen molar-refractivity contribution in [3.05, 3.63) is 11.1 Å². The molecule has 1 heterocycles. The highest BCUT2D eigenvalue weighted by molar-refractivity contribution is 7.17. The van der Waals surface area contributed by atoms with Crippen LogP contribution >= 0.6 is 11.3 Å². The van der Waals surface area contributed by atoms with Crippen LogP contribution in [-0.2, 0) is 4.74 Å².